The van der Waals surface area contributed by atoms with Crippen molar-refractivity contribution in [1.29, 1.82) is 0 Å². The SMILES string of the molecule is C=C(C)C(=O)[c-]1cccc1-c1ccco1.[Fe].[cH-]1[cH-][cH-][cH-][cH-]1. The Kier molecular flexibility index (Phi) is 6.67. The van der Waals surface area contributed by atoms with Crippen molar-refractivity contribution in [2.24, 2.45) is 0 Å². The van der Waals surface area contributed by atoms with Gasteiger partial charge in [0, 0.05) is 17.1 Å². The van der Waals surface area contributed by atoms with Gasteiger partial charge in [-0.1, -0.05) is 24.1 Å². The number of ketones is 1. The first-order valence-corrected chi connectivity index (χ1v) is 6.36. The van der Waals surface area contributed by atoms with Crippen molar-refractivity contribution in [1.82, 2.24) is 0 Å². The Morgan fingerprint density at radius 2 is 1.76 bits per heavy atom. The van der Waals surface area contributed by atoms with Gasteiger partial charge in [0.1, 0.15) is 5.78 Å². The number of carbonyl (C=O) groups is 1. The number of carbonyl (C=O) groups excluding carboxylic acids is 1. The van der Waals surface area contributed by atoms with E-state index in [0.29, 0.717) is 16.9 Å². The predicted molar refractivity (Wildman–Crippen MR) is 80.9 cm³/mol. The zero-order valence-corrected chi connectivity index (χ0v) is 12.8. The number of Topliss-reactive ketones (excluding diaryl/α,β-unsaturated/α-hetero) is 1. The van der Waals surface area contributed by atoms with Crippen LogP contribution in [0.2, 0.25) is 0 Å². The van der Waals surface area contributed by atoms with E-state index >= 15 is 0 Å². The third-order valence-electron chi connectivity index (χ3n) is 2.79. The van der Waals surface area contributed by atoms with Gasteiger partial charge in [0.15, 0.2) is 0 Å². The number of hydrogen-bond acceptors (Lipinski definition) is 2. The summed E-state index contributed by atoms with van der Waals surface area (Å²) in [5.74, 6) is 0.677. The third-order valence-corrected chi connectivity index (χ3v) is 2.79. The average molecular weight is 320 g/mol. The van der Waals surface area contributed by atoms with Crippen LogP contribution >= 0.6 is 0 Å². The number of allylic oxidation sites excluding steroid dienone is 1. The van der Waals surface area contributed by atoms with Gasteiger partial charge in [-0.2, -0.15) is 6.07 Å². The van der Waals surface area contributed by atoms with Gasteiger partial charge < -0.3 is 39.5 Å². The molecule has 0 saturated carbocycles. The summed E-state index contributed by atoms with van der Waals surface area (Å²) < 4.78 is 5.27. The molecule has 0 radical (unpaired) electrons. The van der Waals surface area contributed by atoms with Gasteiger partial charge in [-0.05, 0) is 11.6 Å². The Morgan fingerprint density at radius 3 is 2.24 bits per heavy atom. The van der Waals surface area contributed by atoms with Crippen LogP contribution in [0.3, 0.4) is 0 Å². The van der Waals surface area contributed by atoms with Crippen LogP contribution in [-0.2, 0) is 17.1 Å². The van der Waals surface area contributed by atoms with Crippen molar-refractivity contribution in [2.75, 3.05) is 0 Å². The Bertz CT molecular complexity index is 641. The van der Waals surface area contributed by atoms with Crippen LogP contribution in [0.25, 0.3) is 11.3 Å². The molecule has 2 aromatic carbocycles. The molecule has 1 aromatic heterocycles. The van der Waals surface area contributed by atoms with Gasteiger partial charge in [-0.15, -0.1) is 18.7 Å². The summed E-state index contributed by atoms with van der Waals surface area (Å²) in [5.41, 5.74) is 2.01. The van der Waals surface area contributed by atoms with E-state index in [2.05, 4.69) is 6.58 Å². The van der Waals surface area contributed by atoms with Crippen molar-refractivity contribution in [2.45, 2.75) is 6.92 Å². The van der Waals surface area contributed by atoms with Crippen LogP contribution in [-0.4, -0.2) is 5.78 Å². The summed E-state index contributed by atoms with van der Waals surface area (Å²) in [7, 11) is 0. The topological polar surface area (TPSA) is 30.2 Å². The van der Waals surface area contributed by atoms with Gasteiger partial charge in [-0.25, -0.2) is 0 Å². The minimum atomic E-state index is -0.0357. The Labute approximate surface area is 135 Å². The molecule has 0 aliphatic carbocycles. The number of furan rings is 1. The molecule has 1 heterocycles. The fraction of sp³-hybridized carbons (Fsp3) is 0.0556. The summed E-state index contributed by atoms with van der Waals surface area (Å²) in [4.78, 5) is 11.8. The van der Waals surface area contributed by atoms with Gasteiger partial charge >= 0.3 is 0 Å². The van der Waals surface area contributed by atoms with Crippen LogP contribution in [0.1, 0.15) is 17.3 Å². The molecule has 3 aromatic rings. The molecule has 0 N–H and O–H groups in total. The maximum atomic E-state index is 11.8. The van der Waals surface area contributed by atoms with E-state index in [-0.39, 0.29) is 22.9 Å². The van der Waals surface area contributed by atoms with Crippen LogP contribution < -0.4 is 0 Å². The summed E-state index contributed by atoms with van der Waals surface area (Å²) in [6, 6.07) is 19.1. The van der Waals surface area contributed by atoms with E-state index in [1.807, 2.05) is 48.5 Å². The van der Waals surface area contributed by atoms with Gasteiger partial charge in [-0.3, -0.25) is 0 Å². The minimum absolute atomic E-state index is 0. The van der Waals surface area contributed by atoms with E-state index in [9.17, 15) is 4.79 Å². The smallest absolute Gasteiger partial charge is 0.124 e. The normalized spacial score (nSPS) is 9.19. The maximum Gasteiger partial charge on any atom is 0.124 e. The van der Waals surface area contributed by atoms with Crippen LogP contribution in [0.5, 0.6) is 0 Å². The van der Waals surface area contributed by atoms with Crippen LogP contribution in [0, 0.1) is 0 Å². The van der Waals surface area contributed by atoms with E-state index < -0.39 is 0 Å². The van der Waals surface area contributed by atoms with Gasteiger partial charge in [0.25, 0.3) is 0 Å². The summed E-state index contributed by atoms with van der Waals surface area (Å²) in [6.07, 6.45) is 1.59. The molecule has 3 heteroatoms. The van der Waals surface area contributed by atoms with Crippen molar-refractivity contribution in [3.8, 4) is 11.3 Å². The fourth-order valence-corrected chi connectivity index (χ4v) is 1.82. The Morgan fingerprint density at radius 1 is 1.14 bits per heavy atom. The van der Waals surface area contributed by atoms with Crippen molar-refractivity contribution >= 4 is 5.78 Å². The molecule has 0 aliphatic rings. The molecule has 0 unspecified atom stereocenters. The monoisotopic (exact) mass is 320 g/mol. The molecule has 2 nitrogen and oxygen atoms in total. The van der Waals surface area contributed by atoms with E-state index in [1.54, 1.807) is 25.3 Å². The molecule has 0 saturated heterocycles. The molecule has 114 valence electrons. The molecule has 21 heavy (non-hydrogen) atoms. The van der Waals surface area contributed by atoms with E-state index in [0.717, 1.165) is 5.56 Å². The standard InChI is InChI=1S/C13H11O2.C5H5.Fe/c1-9(2)13(14)11-6-3-5-10(11)12-7-4-8-15-12;1-2-4-5-3-1;/h3-8H,1H2,2H3;1-5H;/q-1;-5;. The molecule has 0 atom stereocenters. The second kappa shape index (κ2) is 8.25. The zero-order chi connectivity index (χ0) is 14.4. The van der Waals surface area contributed by atoms with E-state index in [4.69, 9.17) is 4.42 Å². The first-order valence-electron chi connectivity index (χ1n) is 6.36. The maximum absolute atomic E-state index is 11.8. The Balaban J connectivity index is 0.000000313. The second-order valence-electron chi connectivity index (χ2n) is 4.40. The van der Waals surface area contributed by atoms with Crippen molar-refractivity contribution in [3.05, 3.63) is 84.6 Å². The summed E-state index contributed by atoms with van der Waals surface area (Å²) in [5, 5.41) is 0. The van der Waals surface area contributed by atoms with Crippen LogP contribution in [0.15, 0.2) is 83.5 Å². The molecule has 3 rings (SSSR count). The first kappa shape index (κ1) is 17.0. The minimum Gasteiger partial charge on any atom is -0.748 e. The van der Waals surface area contributed by atoms with Gasteiger partial charge in [0.2, 0.25) is 0 Å². The average Bonchev–Trinajstić information content (AvgIpc) is 3.18. The molecular weight excluding hydrogens is 304 g/mol. The molecular formula is C18H16FeO2-6. The molecule has 0 spiro atoms. The van der Waals surface area contributed by atoms with E-state index in [1.165, 1.54) is 0 Å². The second-order valence-corrected chi connectivity index (χ2v) is 4.40. The molecule has 0 amide bonds. The fourth-order valence-electron chi connectivity index (χ4n) is 1.82. The molecule has 0 aliphatic heterocycles. The third kappa shape index (κ3) is 4.45. The zero-order valence-electron chi connectivity index (χ0n) is 11.7. The summed E-state index contributed by atoms with van der Waals surface area (Å²) in [6.45, 7) is 5.36. The summed E-state index contributed by atoms with van der Waals surface area (Å²) >= 11 is 0. The predicted octanol–water partition coefficient (Wildman–Crippen LogP) is 4.83. The molecule has 0 bridgehead atoms. The quantitative estimate of drug-likeness (QED) is 0.299. The first-order chi connectivity index (χ1) is 9.70. The molecule has 0 fully saturated rings. The van der Waals surface area contributed by atoms with Gasteiger partial charge in [0.05, 0.1) is 12.0 Å². The largest absolute Gasteiger partial charge is 0.748 e. The van der Waals surface area contributed by atoms with Crippen molar-refractivity contribution < 1.29 is 26.3 Å². The van der Waals surface area contributed by atoms with Crippen molar-refractivity contribution in [3.63, 3.8) is 0 Å². The Hall–Kier alpha value is -2.09. The number of rotatable bonds is 3. The number of hydrogen-bond donors (Lipinski definition) is 0. The van der Waals surface area contributed by atoms with Crippen LogP contribution in [0.4, 0.5) is 0 Å².